The topological polar surface area (TPSA) is 84.9 Å². The highest BCUT2D eigenvalue weighted by Gasteiger charge is 2.49. The fraction of sp³-hybridized carbons (Fsp3) is 0.250. The van der Waals surface area contributed by atoms with Crippen molar-refractivity contribution in [2.45, 2.75) is 19.4 Å². The maximum atomic E-state index is 13.0. The summed E-state index contributed by atoms with van der Waals surface area (Å²) in [5.74, 6) is 0.329. The Morgan fingerprint density at radius 1 is 1.11 bits per heavy atom. The second-order valence-electron chi connectivity index (χ2n) is 6.80. The molecule has 1 saturated heterocycles. The first-order valence-electron chi connectivity index (χ1n) is 8.52. The van der Waals surface area contributed by atoms with Gasteiger partial charge in [0.15, 0.2) is 17.3 Å². The first kappa shape index (κ1) is 17.1. The minimum atomic E-state index is -1.27. The standard InChI is InChI=1S/C20H18N2O5/c1-12-3-5-13(6-4-12)15(23)10-22-18(24)20(2,21-19(22)25)14-7-8-16-17(9-14)27-11-26-16/h3-9H,10-11H2,1-2H3,(H,21,25)/t20-/m1/s1. The number of benzene rings is 2. The van der Waals surface area contributed by atoms with E-state index in [1.807, 2.05) is 19.1 Å². The van der Waals surface area contributed by atoms with Gasteiger partial charge >= 0.3 is 6.03 Å². The van der Waals surface area contributed by atoms with E-state index in [0.29, 0.717) is 22.6 Å². The van der Waals surface area contributed by atoms with Gasteiger partial charge in [-0.15, -0.1) is 0 Å². The van der Waals surface area contributed by atoms with Gasteiger partial charge in [0.1, 0.15) is 5.54 Å². The molecule has 138 valence electrons. The van der Waals surface area contributed by atoms with Crippen LogP contribution in [0.1, 0.15) is 28.4 Å². The minimum Gasteiger partial charge on any atom is -0.454 e. The van der Waals surface area contributed by atoms with Crippen molar-refractivity contribution in [2.24, 2.45) is 0 Å². The molecular formula is C20H18N2O5. The van der Waals surface area contributed by atoms with Crippen LogP contribution in [0.25, 0.3) is 0 Å². The molecule has 0 spiro atoms. The number of carbonyl (C=O) groups is 3. The van der Waals surface area contributed by atoms with Gasteiger partial charge in [0.2, 0.25) is 6.79 Å². The van der Waals surface area contributed by atoms with E-state index in [9.17, 15) is 14.4 Å². The highest BCUT2D eigenvalue weighted by Crippen LogP contribution is 2.37. The summed E-state index contributed by atoms with van der Waals surface area (Å²) in [6.07, 6.45) is 0. The van der Waals surface area contributed by atoms with Gasteiger partial charge in [0, 0.05) is 5.56 Å². The number of urea groups is 1. The third-order valence-corrected chi connectivity index (χ3v) is 4.90. The summed E-state index contributed by atoms with van der Waals surface area (Å²) in [6.45, 7) is 3.34. The number of fused-ring (bicyclic) bond motifs is 1. The summed E-state index contributed by atoms with van der Waals surface area (Å²) >= 11 is 0. The first-order chi connectivity index (χ1) is 12.9. The Morgan fingerprint density at radius 3 is 2.56 bits per heavy atom. The van der Waals surface area contributed by atoms with E-state index in [4.69, 9.17) is 9.47 Å². The second kappa shape index (κ2) is 6.12. The van der Waals surface area contributed by atoms with Crippen LogP contribution in [0.4, 0.5) is 4.79 Å². The Kier molecular flexibility index (Phi) is 3.87. The van der Waals surface area contributed by atoms with Crippen molar-refractivity contribution in [2.75, 3.05) is 13.3 Å². The number of amides is 3. The van der Waals surface area contributed by atoms with Crippen LogP contribution in [0.15, 0.2) is 42.5 Å². The van der Waals surface area contributed by atoms with E-state index in [2.05, 4.69) is 5.32 Å². The molecule has 2 aliphatic heterocycles. The molecule has 0 radical (unpaired) electrons. The number of hydrogen-bond acceptors (Lipinski definition) is 5. The van der Waals surface area contributed by atoms with Crippen LogP contribution in [0.2, 0.25) is 0 Å². The average Bonchev–Trinajstić information content (AvgIpc) is 3.20. The molecular weight excluding hydrogens is 348 g/mol. The van der Waals surface area contributed by atoms with Crippen molar-refractivity contribution in [1.29, 1.82) is 0 Å². The zero-order valence-electron chi connectivity index (χ0n) is 14.9. The highest BCUT2D eigenvalue weighted by molar-refractivity contribution is 6.11. The molecule has 2 heterocycles. The predicted octanol–water partition coefficient (Wildman–Crippen LogP) is 2.37. The average molecular weight is 366 g/mol. The Hall–Kier alpha value is -3.35. The van der Waals surface area contributed by atoms with Crippen LogP contribution in [0, 0.1) is 6.92 Å². The maximum absolute atomic E-state index is 13.0. The fourth-order valence-electron chi connectivity index (χ4n) is 3.22. The molecule has 2 aromatic carbocycles. The van der Waals surface area contributed by atoms with Crippen molar-refractivity contribution in [3.8, 4) is 11.5 Å². The fourth-order valence-corrected chi connectivity index (χ4v) is 3.22. The Labute approximate surface area is 155 Å². The summed E-state index contributed by atoms with van der Waals surface area (Å²) in [4.78, 5) is 38.8. The summed E-state index contributed by atoms with van der Waals surface area (Å²) < 4.78 is 10.6. The van der Waals surface area contributed by atoms with E-state index in [1.165, 1.54) is 0 Å². The number of nitrogens with zero attached hydrogens (tertiary/aromatic N) is 1. The quantitative estimate of drug-likeness (QED) is 0.663. The minimum absolute atomic E-state index is 0.118. The largest absolute Gasteiger partial charge is 0.454 e. The summed E-state index contributed by atoms with van der Waals surface area (Å²) in [7, 11) is 0. The van der Waals surface area contributed by atoms with Gasteiger partial charge in [0.05, 0.1) is 6.54 Å². The molecule has 27 heavy (non-hydrogen) atoms. The lowest BCUT2D eigenvalue weighted by Crippen LogP contribution is -2.41. The van der Waals surface area contributed by atoms with Gasteiger partial charge in [-0.1, -0.05) is 35.9 Å². The molecule has 0 unspecified atom stereocenters. The Bertz CT molecular complexity index is 953. The molecule has 7 nitrogen and oxygen atoms in total. The van der Waals surface area contributed by atoms with Crippen LogP contribution in [0.3, 0.4) is 0 Å². The molecule has 7 heteroatoms. The van der Waals surface area contributed by atoms with Crippen molar-refractivity contribution in [1.82, 2.24) is 10.2 Å². The van der Waals surface area contributed by atoms with Crippen molar-refractivity contribution < 1.29 is 23.9 Å². The molecule has 0 aliphatic carbocycles. The van der Waals surface area contributed by atoms with Gasteiger partial charge in [-0.25, -0.2) is 4.79 Å². The zero-order valence-corrected chi connectivity index (χ0v) is 14.9. The first-order valence-corrected chi connectivity index (χ1v) is 8.52. The van der Waals surface area contributed by atoms with Gasteiger partial charge in [-0.05, 0) is 31.5 Å². The van der Waals surface area contributed by atoms with E-state index < -0.39 is 17.5 Å². The molecule has 2 aliphatic rings. The summed E-state index contributed by atoms with van der Waals surface area (Å²) in [5, 5.41) is 2.69. The monoisotopic (exact) mass is 366 g/mol. The molecule has 4 rings (SSSR count). The summed E-state index contributed by atoms with van der Waals surface area (Å²) in [5.41, 5.74) is 0.774. The summed E-state index contributed by atoms with van der Waals surface area (Å²) in [6, 6.07) is 11.5. The number of ketones is 1. The third kappa shape index (κ3) is 2.81. The smallest absolute Gasteiger partial charge is 0.325 e. The second-order valence-corrected chi connectivity index (χ2v) is 6.80. The molecule has 0 saturated carbocycles. The molecule has 1 N–H and O–H groups in total. The van der Waals surface area contributed by atoms with Gasteiger partial charge < -0.3 is 14.8 Å². The zero-order chi connectivity index (χ0) is 19.2. The number of aryl methyl sites for hydroxylation is 1. The molecule has 1 atom stereocenters. The lowest BCUT2D eigenvalue weighted by Gasteiger charge is -2.22. The molecule has 2 aromatic rings. The Morgan fingerprint density at radius 2 is 1.81 bits per heavy atom. The van der Waals surface area contributed by atoms with Crippen molar-refractivity contribution >= 4 is 17.7 Å². The number of hydrogen-bond donors (Lipinski definition) is 1. The lowest BCUT2D eigenvalue weighted by atomic mass is 9.91. The third-order valence-electron chi connectivity index (χ3n) is 4.90. The van der Waals surface area contributed by atoms with E-state index in [-0.39, 0.29) is 19.1 Å². The van der Waals surface area contributed by atoms with Gasteiger partial charge in [-0.2, -0.15) is 0 Å². The van der Waals surface area contributed by atoms with Gasteiger partial charge in [-0.3, -0.25) is 14.5 Å². The van der Waals surface area contributed by atoms with Gasteiger partial charge in [0.25, 0.3) is 5.91 Å². The van der Waals surface area contributed by atoms with Crippen LogP contribution < -0.4 is 14.8 Å². The van der Waals surface area contributed by atoms with Crippen molar-refractivity contribution in [3.63, 3.8) is 0 Å². The number of imide groups is 1. The normalized spacial score (nSPS) is 20.7. The molecule has 0 aromatic heterocycles. The molecule has 0 bridgehead atoms. The maximum Gasteiger partial charge on any atom is 0.325 e. The molecule has 3 amide bonds. The van der Waals surface area contributed by atoms with Crippen molar-refractivity contribution in [3.05, 3.63) is 59.2 Å². The van der Waals surface area contributed by atoms with E-state index in [1.54, 1.807) is 37.3 Å². The SMILES string of the molecule is Cc1ccc(C(=O)CN2C(=O)N[C@](C)(c3ccc4c(c3)OCO4)C2=O)cc1. The van der Waals surface area contributed by atoms with Crippen LogP contribution in [-0.2, 0) is 10.3 Å². The Balaban J connectivity index is 1.58. The highest BCUT2D eigenvalue weighted by atomic mass is 16.7. The number of nitrogens with one attached hydrogen (secondary N) is 1. The molecule has 1 fully saturated rings. The number of rotatable bonds is 4. The number of carbonyl (C=O) groups excluding carboxylic acids is 3. The number of ether oxygens (including phenoxy) is 2. The lowest BCUT2D eigenvalue weighted by molar-refractivity contribution is -0.130. The van der Waals surface area contributed by atoms with E-state index in [0.717, 1.165) is 10.5 Å². The predicted molar refractivity (Wildman–Crippen MR) is 95.7 cm³/mol. The van der Waals surface area contributed by atoms with Crippen LogP contribution >= 0.6 is 0 Å². The van der Waals surface area contributed by atoms with Crippen LogP contribution in [-0.4, -0.2) is 36.0 Å². The van der Waals surface area contributed by atoms with E-state index >= 15 is 0 Å². The van der Waals surface area contributed by atoms with Crippen LogP contribution in [0.5, 0.6) is 11.5 Å². The number of Topliss-reactive ketones (excluding diaryl/α,β-unsaturated/α-hetero) is 1.